The molecule has 1 amide bonds. The van der Waals surface area contributed by atoms with E-state index < -0.39 is 5.97 Å². The second-order valence-electron chi connectivity index (χ2n) is 4.79. The quantitative estimate of drug-likeness (QED) is 0.739. The van der Waals surface area contributed by atoms with Crippen molar-refractivity contribution in [2.24, 2.45) is 5.92 Å². The summed E-state index contributed by atoms with van der Waals surface area (Å²) in [5, 5.41) is 12.4. The Hall–Kier alpha value is -1.96. The normalized spacial score (nSPS) is 10.8. The lowest BCUT2D eigenvalue weighted by Gasteiger charge is -2.22. The van der Waals surface area contributed by atoms with Crippen molar-refractivity contribution in [1.29, 1.82) is 0 Å². The van der Waals surface area contributed by atoms with E-state index in [9.17, 15) is 9.59 Å². The van der Waals surface area contributed by atoms with E-state index >= 15 is 0 Å². The van der Waals surface area contributed by atoms with Gasteiger partial charge in [0.25, 0.3) is 5.89 Å². The average Bonchev–Trinajstić information content (AvgIpc) is 2.73. The smallest absolute Gasteiger partial charge is 0.323 e. The second-order valence-corrected chi connectivity index (χ2v) is 4.79. The molecule has 1 aromatic rings. The minimum Gasteiger partial charge on any atom is -0.480 e. The average molecular weight is 285 g/mol. The van der Waals surface area contributed by atoms with Crippen molar-refractivity contribution < 1.29 is 24.0 Å². The predicted molar refractivity (Wildman–Crippen MR) is 67.7 cm³/mol. The van der Waals surface area contributed by atoms with Gasteiger partial charge in [0, 0.05) is 6.54 Å². The first-order chi connectivity index (χ1) is 9.38. The largest absolute Gasteiger partial charge is 0.480 e. The van der Waals surface area contributed by atoms with Crippen molar-refractivity contribution in [3.63, 3.8) is 0 Å². The number of amides is 1. The molecule has 0 aliphatic heterocycles. The molecular weight excluding hydrogens is 266 g/mol. The Labute approximate surface area is 116 Å². The number of rotatable bonds is 8. The maximum Gasteiger partial charge on any atom is 0.323 e. The molecule has 20 heavy (non-hydrogen) atoms. The minimum absolute atomic E-state index is 0.0230. The van der Waals surface area contributed by atoms with Crippen molar-refractivity contribution in [2.45, 2.75) is 27.4 Å². The maximum atomic E-state index is 11.9. The lowest BCUT2D eigenvalue weighted by Crippen LogP contribution is -2.40. The minimum atomic E-state index is -1.05. The fourth-order valence-corrected chi connectivity index (χ4v) is 1.57. The fourth-order valence-electron chi connectivity index (χ4n) is 1.57. The molecule has 0 radical (unpaired) electrons. The number of hydrogen-bond donors (Lipinski definition) is 1. The van der Waals surface area contributed by atoms with Gasteiger partial charge in [0.1, 0.15) is 19.8 Å². The van der Waals surface area contributed by atoms with Crippen LogP contribution >= 0.6 is 0 Å². The molecule has 0 aromatic carbocycles. The topological polar surface area (TPSA) is 106 Å². The van der Waals surface area contributed by atoms with E-state index in [1.54, 1.807) is 6.92 Å². The zero-order valence-electron chi connectivity index (χ0n) is 11.8. The number of carboxylic acid groups (broad SMARTS) is 1. The summed E-state index contributed by atoms with van der Waals surface area (Å²) in [6, 6.07) is 0. The molecule has 8 heteroatoms. The van der Waals surface area contributed by atoms with Crippen LogP contribution in [0.15, 0.2) is 4.52 Å². The summed E-state index contributed by atoms with van der Waals surface area (Å²) >= 11 is 0. The van der Waals surface area contributed by atoms with Crippen LogP contribution in [0.25, 0.3) is 0 Å². The number of ether oxygens (including phenoxy) is 1. The van der Waals surface area contributed by atoms with Gasteiger partial charge in [-0.1, -0.05) is 19.0 Å². The molecule has 0 spiro atoms. The molecule has 1 rings (SSSR count). The van der Waals surface area contributed by atoms with Gasteiger partial charge in [0.2, 0.25) is 5.91 Å². The molecule has 1 heterocycles. The summed E-state index contributed by atoms with van der Waals surface area (Å²) in [5.41, 5.74) is 0. The molecule has 0 unspecified atom stereocenters. The first-order valence-electron chi connectivity index (χ1n) is 6.25. The highest BCUT2D eigenvalue weighted by molar-refractivity contribution is 5.82. The first-order valence-corrected chi connectivity index (χ1v) is 6.25. The van der Waals surface area contributed by atoms with Gasteiger partial charge in [0.05, 0.1) is 0 Å². The van der Waals surface area contributed by atoms with Gasteiger partial charge in [-0.3, -0.25) is 9.59 Å². The third-order valence-electron chi connectivity index (χ3n) is 2.29. The molecule has 112 valence electrons. The van der Waals surface area contributed by atoms with Crippen molar-refractivity contribution in [3.05, 3.63) is 11.7 Å². The van der Waals surface area contributed by atoms with Crippen LogP contribution in [0.3, 0.4) is 0 Å². The number of carbonyl (C=O) groups is 2. The van der Waals surface area contributed by atoms with Gasteiger partial charge in [-0.25, -0.2) is 0 Å². The number of hydrogen-bond acceptors (Lipinski definition) is 6. The van der Waals surface area contributed by atoms with Crippen molar-refractivity contribution in [3.8, 4) is 0 Å². The zero-order chi connectivity index (χ0) is 15.1. The molecule has 0 atom stereocenters. The third-order valence-corrected chi connectivity index (χ3v) is 2.29. The summed E-state index contributed by atoms with van der Waals surface area (Å²) in [4.78, 5) is 27.8. The number of nitrogens with zero attached hydrogens (tertiary/aromatic N) is 3. The van der Waals surface area contributed by atoms with Gasteiger partial charge in [-0.15, -0.1) is 0 Å². The van der Waals surface area contributed by atoms with Crippen LogP contribution in [0.4, 0.5) is 0 Å². The lowest BCUT2D eigenvalue weighted by molar-refractivity contribution is -0.147. The van der Waals surface area contributed by atoms with Gasteiger partial charge < -0.3 is 19.3 Å². The van der Waals surface area contributed by atoms with E-state index in [1.807, 2.05) is 13.8 Å². The molecule has 0 bridgehead atoms. The number of aromatic nitrogens is 2. The standard InChI is InChI=1S/C12H19N3O5/c1-8(2)4-15(5-12(17)18)11(16)7-19-6-10-13-9(3)14-20-10/h8H,4-7H2,1-3H3,(H,17,18). The highest BCUT2D eigenvalue weighted by atomic mass is 16.5. The molecule has 0 saturated carbocycles. The summed E-state index contributed by atoms with van der Waals surface area (Å²) in [6.45, 7) is 5.33. The predicted octanol–water partition coefficient (Wildman–Crippen LogP) is 0.464. The van der Waals surface area contributed by atoms with E-state index in [4.69, 9.17) is 14.4 Å². The highest BCUT2D eigenvalue weighted by Crippen LogP contribution is 2.02. The van der Waals surface area contributed by atoms with E-state index in [-0.39, 0.29) is 37.5 Å². The SMILES string of the molecule is Cc1noc(COCC(=O)N(CC(=O)O)CC(C)C)n1. The van der Waals surface area contributed by atoms with Gasteiger partial charge >= 0.3 is 5.97 Å². The molecule has 1 N–H and O–H groups in total. The fraction of sp³-hybridized carbons (Fsp3) is 0.667. The van der Waals surface area contributed by atoms with Crippen LogP contribution in [-0.4, -0.2) is 51.7 Å². The number of aryl methyl sites for hydroxylation is 1. The van der Waals surface area contributed by atoms with Gasteiger partial charge in [0.15, 0.2) is 5.82 Å². The Kier molecular flexibility index (Phi) is 6.10. The van der Waals surface area contributed by atoms with Crippen molar-refractivity contribution in [1.82, 2.24) is 15.0 Å². The highest BCUT2D eigenvalue weighted by Gasteiger charge is 2.18. The Morgan fingerprint density at radius 3 is 2.65 bits per heavy atom. The molecular formula is C12H19N3O5. The van der Waals surface area contributed by atoms with Crippen LogP contribution in [0.2, 0.25) is 0 Å². The molecule has 0 aliphatic carbocycles. The summed E-state index contributed by atoms with van der Waals surface area (Å²) in [7, 11) is 0. The van der Waals surface area contributed by atoms with Crippen molar-refractivity contribution >= 4 is 11.9 Å². The van der Waals surface area contributed by atoms with E-state index in [0.717, 1.165) is 0 Å². The van der Waals surface area contributed by atoms with Gasteiger partial charge in [-0.05, 0) is 12.8 Å². The number of carbonyl (C=O) groups excluding carboxylic acids is 1. The Balaban J connectivity index is 2.42. The molecule has 0 aliphatic rings. The Bertz CT molecular complexity index is 458. The monoisotopic (exact) mass is 285 g/mol. The third kappa shape index (κ3) is 5.79. The van der Waals surface area contributed by atoms with Crippen LogP contribution in [0.1, 0.15) is 25.6 Å². The van der Waals surface area contributed by atoms with Crippen LogP contribution in [-0.2, 0) is 20.9 Å². The summed E-state index contributed by atoms with van der Waals surface area (Å²) in [5.74, 6) is -0.480. The summed E-state index contributed by atoms with van der Waals surface area (Å²) < 4.78 is 9.99. The number of aliphatic carboxylic acids is 1. The molecule has 8 nitrogen and oxygen atoms in total. The first kappa shape index (κ1) is 16.1. The summed E-state index contributed by atoms with van der Waals surface area (Å²) in [6.07, 6.45) is 0. The van der Waals surface area contributed by atoms with E-state index in [0.29, 0.717) is 12.4 Å². The molecule has 1 aromatic heterocycles. The Morgan fingerprint density at radius 2 is 2.15 bits per heavy atom. The number of carboxylic acids is 1. The molecule has 0 fully saturated rings. The Morgan fingerprint density at radius 1 is 1.45 bits per heavy atom. The van der Waals surface area contributed by atoms with Crippen molar-refractivity contribution in [2.75, 3.05) is 19.7 Å². The van der Waals surface area contributed by atoms with Crippen LogP contribution in [0, 0.1) is 12.8 Å². The molecule has 0 saturated heterocycles. The second kappa shape index (κ2) is 7.59. The lowest BCUT2D eigenvalue weighted by atomic mass is 10.2. The van der Waals surface area contributed by atoms with Crippen LogP contribution in [0.5, 0.6) is 0 Å². The van der Waals surface area contributed by atoms with E-state index in [1.165, 1.54) is 4.90 Å². The van der Waals surface area contributed by atoms with Gasteiger partial charge in [-0.2, -0.15) is 4.98 Å². The van der Waals surface area contributed by atoms with E-state index in [2.05, 4.69) is 10.1 Å². The van der Waals surface area contributed by atoms with Crippen LogP contribution < -0.4 is 0 Å². The maximum absolute atomic E-state index is 11.9. The zero-order valence-corrected chi connectivity index (χ0v) is 11.8.